The van der Waals surface area contributed by atoms with Crippen LogP contribution in [0, 0.1) is 24.2 Å². The van der Waals surface area contributed by atoms with Crippen LogP contribution in [0.4, 0.5) is 5.69 Å². The number of nitrogens with one attached hydrogen (secondary N) is 2. The van der Waals surface area contributed by atoms with Gasteiger partial charge >= 0.3 is 0 Å². The lowest BCUT2D eigenvalue weighted by Gasteiger charge is -2.27. The molecule has 0 spiro atoms. The van der Waals surface area contributed by atoms with Gasteiger partial charge in [0.25, 0.3) is 5.91 Å². The number of likely N-dealkylation sites (tertiary alicyclic amines) is 1. The van der Waals surface area contributed by atoms with Crippen molar-refractivity contribution in [1.29, 1.82) is 5.26 Å². The molecular formula is C20H28N4O2. The Labute approximate surface area is 155 Å². The first-order valence-electron chi connectivity index (χ1n) is 9.13. The van der Waals surface area contributed by atoms with Crippen molar-refractivity contribution in [3.05, 3.63) is 29.3 Å². The standard InChI is InChI=1S/C20H28N4O2/c1-14(2)20(4,13-21)23-17(25)12-22-16-9-7-8-15(3)18(16)19(26)24-10-5-6-11-24/h7-9,14,22H,5-6,10-12H2,1-4H3,(H,23,25). The molecule has 6 heteroatoms. The summed E-state index contributed by atoms with van der Waals surface area (Å²) in [5.41, 5.74) is 1.24. The van der Waals surface area contributed by atoms with E-state index in [9.17, 15) is 14.9 Å². The molecular weight excluding hydrogens is 328 g/mol. The Bertz CT molecular complexity index is 717. The molecule has 2 rings (SSSR count). The summed E-state index contributed by atoms with van der Waals surface area (Å²) < 4.78 is 0. The first-order valence-corrected chi connectivity index (χ1v) is 9.13. The molecule has 1 atom stereocenters. The Hall–Kier alpha value is -2.55. The average Bonchev–Trinajstić information content (AvgIpc) is 3.13. The Morgan fingerprint density at radius 2 is 1.96 bits per heavy atom. The van der Waals surface area contributed by atoms with E-state index in [4.69, 9.17) is 0 Å². The van der Waals surface area contributed by atoms with Crippen LogP contribution in [0.15, 0.2) is 18.2 Å². The van der Waals surface area contributed by atoms with Crippen LogP contribution in [0.25, 0.3) is 0 Å². The minimum Gasteiger partial charge on any atom is -0.376 e. The maximum absolute atomic E-state index is 12.8. The monoisotopic (exact) mass is 356 g/mol. The number of aryl methyl sites for hydroxylation is 1. The van der Waals surface area contributed by atoms with E-state index in [-0.39, 0.29) is 24.3 Å². The lowest BCUT2D eigenvalue weighted by molar-refractivity contribution is -0.121. The van der Waals surface area contributed by atoms with Crippen molar-refractivity contribution in [2.75, 3.05) is 25.0 Å². The first kappa shape index (κ1) is 19.8. The van der Waals surface area contributed by atoms with Crippen molar-refractivity contribution in [1.82, 2.24) is 10.2 Å². The van der Waals surface area contributed by atoms with Gasteiger partial charge in [-0.1, -0.05) is 26.0 Å². The van der Waals surface area contributed by atoms with Gasteiger partial charge in [-0.05, 0) is 44.2 Å². The van der Waals surface area contributed by atoms with Gasteiger partial charge in [0.1, 0.15) is 5.54 Å². The summed E-state index contributed by atoms with van der Waals surface area (Å²) in [5, 5.41) is 15.2. The van der Waals surface area contributed by atoms with Gasteiger partial charge in [0.05, 0.1) is 18.2 Å². The topological polar surface area (TPSA) is 85.2 Å². The van der Waals surface area contributed by atoms with Crippen LogP contribution in [0.3, 0.4) is 0 Å². The third-order valence-electron chi connectivity index (χ3n) is 5.11. The zero-order valence-corrected chi connectivity index (χ0v) is 16.1. The van der Waals surface area contributed by atoms with E-state index < -0.39 is 5.54 Å². The maximum Gasteiger partial charge on any atom is 0.256 e. The summed E-state index contributed by atoms with van der Waals surface area (Å²) in [6.07, 6.45) is 2.06. The normalized spacial score (nSPS) is 16.1. The lowest BCUT2D eigenvalue weighted by Crippen LogP contribution is -2.50. The summed E-state index contributed by atoms with van der Waals surface area (Å²) in [4.78, 5) is 27.0. The highest BCUT2D eigenvalue weighted by atomic mass is 16.2. The van der Waals surface area contributed by atoms with Gasteiger partial charge in [0.2, 0.25) is 5.91 Å². The van der Waals surface area contributed by atoms with Gasteiger partial charge in [-0.25, -0.2) is 0 Å². The van der Waals surface area contributed by atoms with Crippen molar-refractivity contribution in [2.45, 2.75) is 46.1 Å². The van der Waals surface area contributed by atoms with Crippen molar-refractivity contribution in [2.24, 2.45) is 5.92 Å². The minimum atomic E-state index is -0.917. The molecule has 2 amide bonds. The molecule has 0 bridgehead atoms. The molecule has 2 N–H and O–H groups in total. The third-order valence-corrected chi connectivity index (χ3v) is 5.11. The first-order chi connectivity index (χ1) is 12.3. The van der Waals surface area contributed by atoms with E-state index in [0.29, 0.717) is 11.3 Å². The summed E-state index contributed by atoms with van der Waals surface area (Å²) in [5.74, 6) is -0.279. The fourth-order valence-electron chi connectivity index (χ4n) is 2.99. The van der Waals surface area contributed by atoms with Crippen LogP contribution in [-0.4, -0.2) is 41.9 Å². The summed E-state index contributed by atoms with van der Waals surface area (Å²) in [6, 6.07) is 7.75. The van der Waals surface area contributed by atoms with E-state index in [2.05, 4.69) is 16.7 Å². The van der Waals surface area contributed by atoms with E-state index in [1.165, 1.54) is 0 Å². The lowest BCUT2D eigenvalue weighted by atomic mass is 9.90. The highest BCUT2D eigenvalue weighted by Crippen LogP contribution is 2.23. The van der Waals surface area contributed by atoms with Gasteiger partial charge in [-0.15, -0.1) is 0 Å². The van der Waals surface area contributed by atoms with Crippen molar-refractivity contribution >= 4 is 17.5 Å². The summed E-state index contributed by atoms with van der Waals surface area (Å²) in [6.45, 7) is 8.97. The second-order valence-electron chi connectivity index (χ2n) is 7.37. The Morgan fingerprint density at radius 1 is 1.31 bits per heavy atom. The van der Waals surface area contributed by atoms with Crippen LogP contribution in [0.5, 0.6) is 0 Å². The molecule has 6 nitrogen and oxygen atoms in total. The molecule has 1 heterocycles. The molecule has 0 aromatic heterocycles. The van der Waals surface area contributed by atoms with Crippen LogP contribution < -0.4 is 10.6 Å². The quantitative estimate of drug-likeness (QED) is 0.821. The number of nitrogens with zero attached hydrogens (tertiary/aromatic N) is 2. The van der Waals surface area contributed by atoms with E-state index in [0.717, 1.165) is 31.5 Å². The Balaban J connectivity index is 2.10. The highest BCUT2D eigenvalue weighted by molar-refractivity contribution is 6.01. The molecule has 1 aliphatic rings. The van der Waals surface area contributed by atoms with Gasteiger partial charge < -0.3 is 15.5 Å². The average molecular weight is 356 g/mol. The maximum atomic E-state index is 12.8. The highest BCUT2D eigenvalue weighted by Gasteiger charge is 2.30. The molecule has 1 aliphatic heterocycles. The number of hydrogen-bond acceptors (Lipinski definition) is 4. The van der Waals surface area contributed by atoms with Gasteiger partial charge in [-0.3, -0.25) is 9.59 Å². The summed E-state index contributed by atoms with van der Waals surface area (Å²) >= 11 is 0. The predicted octanol–water partition coefficient (Wildman–Crippen LogP) is 2.70. The van der Waals surface area contributed by atoms with Crippen LogP contribution >= 0.6 is 0 Å². The number of carbonyl (C=O) groups is 2. The molecule has 0 saturated carbocycles. The van der Waals surface area contributed by atoms with Gasteiger partial charge in [-0.2, -0.15) is 5.26 Å². The van der Waals surface area contributed by atoms with Crippen molar-refractivity contribution in [3.8, 4) is 6.07 Å². The minimum absolute atomic E-state index is 0.00699. The predicted molar refractivity (Wildman–Crippen MR) is 102 cm³/mol. The van der Waals surface area contributed by atoms with Crippen LogP contribution in [-0.2, 0) is 4.79 Å². The molecule has 26 heavy (non-hydrogen) atoms. The zero-order valence-electron chi connectivity index (χ0n) is 16.1. The number of rotatable bonds is 6. The SMILES string of the molecule is Cc1cccc(NCC(=O)NC(C)(C#N)C(C)C)c1C(=O)N1CCCC1. The fourth-order valence-corrected chi connectivity index (χ4v) is 2.99. The molecule has 0 radical (unpaired) electrons. The molecule has 140 valence electrons. The Kier molecular flexibility index (Phi) is 6.25. The number of hydrogen-bond donors (Lipinski definition) is 2. The second-order valence-corrected chi connectivity index (χ2v) is 7.37. The largest absolute Gasteiger partial charge is 0.376 e. The van der Waals surface area contributed by atoms with Crippen LogP contribution in [0.1, 0.15) is 49.5 Å². The van der Waals surface area contributed by atoms with Crippen molar-refractivity contribution in [3.63, 3.8) is 0 Å². The fraction of sp³-hybridized carbons (Fsp3) is 0.550. The molecule has 1 fully saturated rings. The molecule has 1 unspecified atom stereocenters. The second kappa shape index (κ2) is 8.22. The van der Waals surface area contributed by atoms with E-state index >= 15 is 0 Å². The molecule has 1 saturated heterocycles. The third kappa shape index (κ3) is 4.34. The van der Waals surface area contributed by atoms with Gasteiger partial charge in [0, 0.05) is 18.8 Å². The zero-order chi connectivity index (χ0) is 19.3. The number of anilines is 1. The van der Waals surface area contributed by atoms with Gasteiger partial charge in [0.15, 0.2) is 0 Å². The number of amides is 2. The number of benzene rings is 1. The number of nitriles is 1. The molecule has 0 aliphatic carbocycles. The van der Waals surface area contributed by atoms with Crippen LogP contribution in [0.2, 0.25) is 0 Å². The molecule has 1 aromatic carbocycles. The summed E-state index contributed by atoms with van der Waals surface area (Å²) in [7, 11) is 0. The smallest absolute Gasteiger partial charge is 0.256 e. The Morgan fingerprint density at radius 3 is 2.54 bits per heavy atom. The van der Waals surface area contributed by atoms with E-state index in [1.807, 2.05) is 43.9 Å². The van der Waals surface area contributed by atoms with E-state index in [1.54, 1.807) is 6.92 Å². The van der Waals surface area contributed by atoms with Crippen molar-refractivity contribution < 1.29 is 9.59 Å². The number of carbonyl (C=O) groups excluding carboxylic acids is 2. The molecule has 1 aromatic rings.